The first-order chi connectivity index (χ1) is 23.5. The number of nitro benzene ring substituents is 1. The molecule has 0 saturated carbocycles. The number of hydrogen-bond acceptors (Lipinski definition) is 7. The predicted molar refractivity (Wildman–Crippen MR) is 190 cm³/mol. The van der Waals surface area contributed by atoms with Crippen LogP contribution in [-0.4, -0.2) is 61.2 Å². The zero-order chi connectivity index (χ0) is 34.9. The van der Waals surface area contributed by atoms with Gasteiger partial charge < -0.3 is 19.5 Å². The predicted octanol–water partition coefficient (Wildman–Crippen LogP) is 5.91. The van der Waals surface area contributed by atoms with Gasteiger partial charge >= 0.3 is 0 Å². The van der Waals surface area contributed by atoms with Crippen LogP contribution in [0, 0.1) is 16.0 Å². The van der Waals surface area contributed by atoms with E-state index in [9.17, 15) is 24.8 Å². The Kier molecular flexibility index (Phi) is 9.43. The van der Waals surface area contributed by atoms with Crippen LogP contribution in [0.1, 0.15) is 24.5 Å². The highest BCUT2D eigenvalue weighted by atomic mass is 28.3. The van der Waals surface area contributed by atoms with Gasteiger partial charge in [-0.25, -0.2) is 0 Å². The minimum atomic E-state index is -2.59. The van der Waals surface area contributed by atoms with Crippen LogP contribution in [-0.2, 0) is 26.5 Å². The number of non-ortho nitro benzene ring substituents is 1. The van der Waals surface area contributed by atoms with Crippen molar-refractivity contribution in [2.75, 3.05) is 25.2 Å². The van der Waals surface area contributed by atoms with Crippen LogP contribution in [0.15, 0.2) is 103 Å². The van der Waals surface area contributed by atoms with Gasteiger partial charge in [-0.2, -0.15) is 0 Å². The van der Waals surface area contributed by atoms with Crippen LogP contribution in [0.4, 0.5) is 17.1 Å². The van der Waals surface area contributed by atoms with E-state index < -0.39 is 30.6 Å². The summed E-state index contributed by atoms with van der Waals surface area (Å²) >= 11 is 0. The third kappa shape index (κ3) is 6.02. The second-order valence-corrected chi connectivity index (χ2v) is 18.0. The minimum Gasteiger partial charge on any atom is -0.497 e. The molecule has 2 heterocycles. The van der Waals surface area contributed by atoms with Gasteiger partial charge in [0.05, 0.1) is 44.9 Å². The van der Waals surface area contributed by atoms with Crippen molar-refractivity contribution in [2.24, 2.45) is 5.92 Å². The van der Waals surface area contributed by atoms with Crippen molar-refractivity contribution in [1.29, 1.82) is 0 Å². The monoisotopic (exact) mass is 679 g/mol. The van der Waals surface area contributed by atoms with E-state index >= 15 is 0 Å². The summed E-state index contributed by atoms with van der Waals surface area (Å²) in [6, 6.07) is 31.2. The van der Waals surface area contributed by atoms with Crippen LogP contribution in [0.25, 0.3) is 0 Å². The largest absolute Gasteiger partial charge is 0.497 e. The molecular formula is C38H41N3O7Si. The van der Waals surface area contributed by atoms with E-state index in [0.29, 0.717) is 23.5 Å². The number of nitrogens with zero attached hydrogens (tertiary/aromatic N) is 3. The van der Waals surface area contributed by atoms with Crippen molar-refractivity contribution >= 4 is 42.1 Å². The molecule has 4 aromatic rings. The number of ether oxygens (including phenoxy) is 2. The number of aliphatic hydroxyl groups is 1. The molecule has 4 atom stereocenters. The van der Waals surface area contributed by atoms with E-state index in [1.165, 1.54) is 12.1 Å². The number of methoxy groups -OCH3 is 1. The number of hydrogen-bond donors (Lipinski definition) is 1. The minimum absolute atomic E-state index is 0.0287. The molecule has 0 bridgehead atoms. The van der Waals surface area contributed by atoms with Crippen LogP contribution < -0.4 is 14.8 Å². The maximum atomic E-state index is 15.0. The van der Waals surface area contributed by atoms with Crippen LogP contribution >= 0.6 is 0 Å². The number of carbonyl (C=O) groups is 2. The van der Waals surface area contributed by atoms with Crippen LogP contribution in [0.3, 0.4) is 0 Å². The fraction of sp³-hybridized carbons (Fsp3) is 0.316. The summed E-state index contributed by atoms with van der Waals surface area (Å²) in [5.74, 6) is -0.283. The molecule has 6 rings (SSSR count). The number of nitro groups is 1. The Hall–Kier alpha value is -4.84. The second-order valence-electron chi connectivity index (χ2n) is 13.3. The Bertz CT molecular complexity index is 1840. The fourth-order valence-electron chi connectivity index (χ4n) is 7.89. The molecule has 10 nitrogen and oxygen atoms in total. The summed E-state index contributed by atoms with van der Waals surface area (Å²) in [7, 11) is -0.974. The molecule has 11 heteroatoms. The normalized spacial score (nSPS) is 21.5. The molecular weight excluding hydrogens is 639 g/mol. The van der Waals surface area contributed by atoms with Crippen molar-refractivity contribution in [3.8, 4) is 5.75 Å². The van der Waals surface area contributed by atoms with Gasteiger partial charge in [-0.05, 0) is 41.4 Å². The number of carbonyl (C=O) groups excluding carboxylic acids is 2. The number of amides is 2. The van der Waals surface area contributed by atoms with Gasteiger partial charge in [0.1, 0.15) is 5.75 Å². The molecule has 2 aliphatic heterocycles. The number of fused-ring (bicyclic) bond motifs is 2. The topological polar surface area (TPSA) is 122 Å². The molecule has 2 amide bonds. The number of benzene rings is 4. The molecule has 0 aliphatic carbocycles. The van der Waals surface area contributed by atoms with Gasteiger partial charge in [0.2, 0.25) is 5.91 Å². The molecule has 0 unspecified atom stereocenters. The highest BCUT2D eigenvalue weighted by Crippen LogP contribution is 2.61. The Morgan fingerprint density at radius 1 is 1.02 bits per heavy atom. The second kappa shape index (κ2) is 13.6. The lowest BCUT2D eigenvalue weighted by atomic mass is 9.82. The summed E-state index contributed by atoms with van der Waals surface area (Å²) in [5.41, 5.74) is 0.519. The average molecular weight is 680 g/mol. The molecule has 1 fully saturated rings. The lowest BCUT2D eigenvalue weighted by Crippen LogP contribution is -2.52. The van der Waals surface area contributed by atoms with Gasteiger partial charge in [-0.15, -0.1) is 0 Å². The highest BCUT2D eigenvalue weighted by molar-refractivity contribution is 6.91. The highest BCUT2D eigenvalue weighted by Gasteiger charge is 2.67. The van der Waals surface area contributed by atoms with Gasteiger partial charge in [0.15, 0.2) is 5.60 Å². The molecule has 1 saturated heterocycles. The number of para-hydroxylation sites is 1. The van der Waals surface area contributed by atoms with E-state index in [4.69, 9.17) is 9.47 Å². The first kappa shape index (κ1) is 34.0. The smallest absolute Gasteiger partial charge is 0.269 e. The average Bonchev–Trinajstić information content (AvgIpc) is 3.54. The summed E-state index contributed by atoms with van der Waals surface area (Å²) in [5, 5.41) is 23.1. The zero-order valence-corrected chi connectivity index (χ0v) is 29.1. The van der Waals surface area contributed by atoms with Crippen molar-refractivity contribution in [2.45, 2.75) is 50.2 Å². The fourth-order valence-corrected chi connectivity index (χ4v) is 11.9. The molecule has 254 valence electrons. The molecule has 0 aromatic heterocycles. The SMILES string of the molecule is COc1ccc([Si](C)(C)[C@@H]2[C@@H](CC(=O)N(CCO)Cc3ccccc3)O[C@]3(C(=O)N(c4ccccc4)c4ccc([N+](=O)[O-])cc43)[C@H]2C)cc1. The molecule has 1 spiro atoms. The summed E-state index contributed by atoms with van der Waals surface area (Å²) in [6.45, 7) is 6.66. The van der Waals surface area contributed by atoms with Gasteiger partial charge in [0, 0.05) is 42.4 Å². The molecule has 4 aromatic carbocycles. The van der Waals surface area contributed by atoms with Crippen LogP contribution in [0.5, 0.6) is 5.75 Å². The first-order valence-electron chi connectivity index (χ1n) is 16.5. The van der Waals surface area contributed by atoms with Crippen molar-refractivity contribution in [1.82, 2.24) is 4.90 Å². The number of aliphatic hydroxyl groups excluding tert-OH is 1. The van der Waals surface area contributed by atoms with Crippen molar-refractivity contribution < 1.29 is 29.1 Å². The molecule has 2 aliphatic rings. The van der Waals surface area contributed by atoms with E-state index in [2.05, 4.69) is 13.1 Å². The Labute approximate surface area is 287 Å². The Morgan fingerprint density at radius 2 is 1.67 bits per heavy atom. The Balaban J connectivity index is 1.48. The molecule has 0 radical (unpaired) electrons. The standard InChI is InChI=1S/C38H41N3O7Si/c1-26-36(49(3,4)31-18-16-30(47-2)17-19-31)34(24-35(43)39(21-22-42)25-27-11-7-5-8-12-27)48-38(26)32-23-29(41(45)46)15-20-33(32)40(37(38)44)28-13-9-6-10-14-28/h5-20,23,26,34,36,42H,21-22,24-25H2,1-4H3/t26-,34+,36-,38+/m0/s1. The van der Waals surface area contributed by atoms with E-state index in [0.717, 1.165) is 16.5 Å². The van der Waals surface area contributed by atoms with Gasteiger partial charge in [0.25, 0.3) is 11.6 Å². The third-order valence-corrected chi connectivity index (χ3v) is 14.6. The van der Waals surface area contributed by atoms with E-state index in [1.807, 2.05) is 91.9 Å². The summed E-state index contributed by atoms with van der Waals surface area (Å²) in [4.78, 5) is 44.0. The van der Waals surface area contributed by atoms with Crippen LogP contribution in [0.2, 0.25) is 18.6 Å². The quantitative estimate of drug-likeness (QED) is 0.119. The van der Waals surface area contributed by atoms with Gasteiger partial charge in [-0.3, -0.25) is 24.6 Å². The molecule has 1 N–H and O–H groups in total. The Morgan fingerprint density at radius 3 is 2.29 bits per heavy atom. The lowest BCUT2D eigenvalue weighted by molar-refractivity contribution is -0.385. The third-order valence-electron chi connectivity index (χ3n) is 10.3. The van der Waals surface area contributed by atoms with E-state index in [1.54, 1.807) is 23.0 Å². The van der Waals surface area contributed by atoms with Crippen molar-refractivity contribution in [3.63, 3.8) is 0 Å². The molecule has 49 heavy (non-hydrogen) atoms. The number of anilines is 2. The van der Waals surface area contributed by atoms with Gasteiger partial charge in [-0.1, -0.05) is 85.9 Å². The van der Waals surface area contributed by atoms with Crippen molar-refractivity contribution in [3.05, 3.63) is 124 Å². The first-order valence-corrected chi connectivity index (χ1v) is 19.5. The number of rotatable bonds is 11. The van der Waals surface area contributed by atoms with E-state index in [-0.39, 0.29) is 42.6 Å². The maximum absolute atomic E-state index is 15.0. The zero-order valence-electron chi connectivity index (χ0n) is 28.1. The summed E-state index contributed by atoms with van der Waals surface area (Å²) < 4.78 is 12.5. The maximum Gasteiger partial charge on any atom is 0.269 e. The summed E-state index contributed by atoms with van der Waals surface area (Å²) in [6.07, 6.45) is -0.728. The lowest BCUT2D eigenvalue weighted by Gasteiger charge is -2.37.